The van der Waals surface area contributed by atoms with Crippen molar-refractivity contribution in [2.24, 2.45) is 0 Å². The van der Waals surface area contributed by atoms with Gasteiger partial charge in [0.05, 0.1) is 19.2 Å². The van der Waals surface area contributed by atoms with E-state index in [-0.39, 0.29) is 12.3 Å². The number of hydrogen-bond donors (Lipinski definition) is 2. The first kappa shape index (κ1) is 22.8. The fourth-order valence-electron chi connectivity index (χ4n) is 3.93. The zero-order valence-electron chi connectivity index (χ0n) is 19.0. The summed E-state index contributed by atoms with van der Waals surface area (Å²) in [6, 6.07) is 20.6. The minimum absolute atomic E-state index is 0.00727. The van der Waals surface area contributed by atoms with E-state index < -0.39 is 5.97 Å². The smallest absolute Gasteiger partial charge is 0.303 e. The van der Waals surface area contributed by atoms with Crippen LogP contribution in [0.15, 0.2) is 79.1 Å². The highest BCUT2D eigenvalue weighted by Crippen LogP contribution is 2.31. The molecule has 0 saturated carbocycles. The summed E-state index contributed by atoms with van der Waals surface area (Å²) in [6.45, 7) is 1.90. The van der Waals surface area contributed by atoms with Crippen molar-refractivity contribution < 1.29 is 19.4 Å². The number of aryl methyl sites for hydroxylation is 1. The molecule has 2 aromatic carbocycles. The number of rotatable bonds is 8. The largest absolute Gasteiger partial charge is 0.497 e. The van der Waals surface area contributed by atoms with Gasteiger partial charge in [0.15, 0.2) is 0 Å². The molecule has 0 bridgehead atoms. The lowest BCUT2D eigenvalue weighted by Crippen LogP contribution is -2.15. The van der Waals surface area contributed by atoms with Crippen LogP contribution in [0.2, 0.25) is 0 Å². The van der Waals surface area contributed by atoms with Crippen molar-refractivity contribution in [1.82, 2.24) is 9.55 Å². The molecule has 2 aromatic heterocycles. The second-order valence-electron chi connectivity index (χ2n) is 7.81. The molecule has 2 heterocycles. The Bertz CT molecular complexity index is 1310. The third kappa shape index (κ3) is 4.83. The molecular formula is C27H25N3O4. The van der Waals surface area contributed by atoms with Crippen LogP contribution in [0.1, 0.15) is 28.0 Å². The fraction of sp³-hybridized carbons (Fsp3) is 0.148. The van der Waals surface area contributed by atoms with Crippen LogP contribution < -0.4 is 10.1 Å². The van der Waals surface area contributed by atoms with Crippen LogP contribution in [0.4, 0.5) is 5.69 Å². The number of methoxy groups -OCH3 is 1. The summed E-state index contributed by atoms with van der Waals surface area (Å²) in [6.07, 6.45) is 3.61. The van der Waals surface area contributed by atoms with Crippen LogP contribution in [-0.4, -0.2) is 33.6 Å². The average molecular weight is 456 g/mol. The van der Waals surface area contributed by atoms with Crippen molar-refractivity contribution >= 4 is 17.6 Å². The molecule has 0 aliphatic carbocycles. The van der Waals surface area contributed by atoms with Crippen LogP contribution in [0.25, 0.3) is 16.9 Å². The highest BCUT2D eigenvalue weighted by molar-refractivity contribution is 6.05. The highest BCUT2D eigenvalue weighted by atomic mass is 16.5. The number of carboxylic acid groups (broad SMARTS) is 1. The van der Waals surface area contributed by atoms with Crippen LogP contribution in [0, 0.1) is 6.92 Å². The number of pyridine rings is 1. The Morgan fingerprint density at radius 1 is 1.00 bits per heavy atom. The summed E-state index contributed by atoms with van der Waals surface area (Å²) in [5.74, 6) is -0.337. The number of carbonyl (C=O) groups is 2. The summed E-state index contributed by atoms with van der Waals surface area (Å²) in [5, 5.41) is 12.2. The van der Waals surface area contributed by atoms with Gasteiger partial charge < -0.3 is 19.7 Å². The molecule has 4 aromatic rings. The van der Waals surface area contributed by atoms with Crippen molar-refractivity contribution in [2.75, 3.05) is 12.4 Å². The van der Waals surface area contributed by atoms with E-state index in [2.05, 4.69) is 10.3 Å². The van der Waals surface area contributed by atoms with E-state index in [9.17, 15) is 14.7 Å². The molecular weight excluding hydrogens is 430 g/mol. The van der Waals surface area contributed by atoms with Crippen molar-refractivity contribution in [3.05, 3.63) is 95.9 Å². The maximum atomic E-state index is 13.0. The minimum Gasteiger partial charge on any atom is -0.497 e. The summed E-state index contributed by atoms with van der Waals surface area (Å²) >= 11 is 0. The van der Waals surface area contributed by atoms with Crippen LogP contribution in [-0.2, 0) is 11.2 Å². The van der Waals surface area contributed by atoms with Crippen molar-refractivity contribution in [3.63, 3.8) is 0 Å². The molecule has 2 N–H and O–H groups in total. The molecule has 0 aliphatic heterocycles. The fourth-order valence-corrected chi connectivity index (χ4v) is 3.93. The molecule has 0 radical (unpaired) electrons. The molecule has 0 unspecified atom stereocenters. The zero-order valence-corrected chi connectivity index (χ0v) is 19.0. The number of hydrogen-bond acceptors (Lipinski definition) is 4. The number of nitrogens with one attached hydrogen (secondary N) is 1. The van der Waals surface area contributed by atoms with Gasteiger partial charge in [0.1, 0.15) is 5.75 Å². The number of amides is 1. The highest BCUT2D eigenvalue weighted by Gasteiger charge is 2.18. The molecule has 34 heavy (non-hydrogen) atoms. The summed E-state index contributed by atoms with van der Waals surface area (Å²) < 4.78 is 7.31. The molecule has 7 heteroatoms. The van der Waals surface area contributed by atoms with Gasteiger partial charge in [-0.25, -0.2) is 0 Å². The Kier molecular flexibility index (Phi) is 6.73. The van der Waals surface area contributed by atoms with E-state index in [0.717, 1.165) is 34.0 Å². The van der Waals surface area contributed by atoms with Gasteiger partial charge in [-0.1, -0.05) is 6.07 Å². The van der Waals surface area contributed by atoms with Crippen molar-refractivity contribution in [2.45, 2.75) is 19.8 Å². The molecule has 0 fully saturated rings. The summed E-state index contributed by atoms with van der Waals surface area (Å²) in [5.41, 5.74) is 5.50. The zero-order chi connectivity index (χ0) is 24.1. The maximum Gasteiger partial charge on any atom is 0.303 e. The Morgan fingerprint density at radius 2 is 1.74 bits per heavy atom. The van der Waals surface area contributed by atoms with Gasteiger partial charge in [-0.3, -0.25) is 14.6 Å². The number of carboxylic acids is 1. The summed E-state index contributed by atoms with van der Waals surface area (Å²) in [4.78, 5) is 28.3. The van der Waals surface area contributed by atoms with Crippen LogP contribution in [0.3, 0.4) is 0 Å². The normalized spacial score (nSPS) is 10.6. The van der Waals surface area contributed by atoms with Crippen molar-refractivity contribution in [1.29, 1.82) is 0 Å². The number of aromatic nitrogens is 2. The molecule has 0 saturated heterocycles. The first-order valence-corrected chi connectivity index (χ1v) is 10.9. The van der Waals surface area contributed by atoms with Gasteiger partial charge >= 0.3 is 5.97 Å². The first-order chi connectivity index (χ1) is 16.5. The topological polar surface area (TPSA) is 93.5 Å². The lowest BCUT2D eigenvalue weighted by atomic mass is 10.0. The Balaban J connectivity index is 1.78. The number of ether oxygens (including phenoxy) is 1. The van der Waals surface area contributed by atoms with Gasteiger partial charge in [-0.15, -0.1) is 0 Å². The van der Waals surface area contributed by atoms with Gasteiger partial charge in [0.25, 0.3) is 5.91 Å². The first-order valence-electron chi connectivity index (χ1n) is 10.9. The van der Waals surface area contributed by atoms with E-state index in [1.807, 2.05) is 60.0 Å². The predicted molar refractivity (Wildman–Crippen MR) is 131 cm³/mol. The number of nitrogens with zero attached hydrogens (tertiary/aromatic N) is 2. The molecule has 0 atom stereocenters. The Hall–Kier alpha value is -4.39. The molecule has 1 amide bonds. The molecule has 0 spiro atoms. The second kappa shape index (κ2) is 10.0. The second-order valence-corrected chi connectivity index (χ2v) is 7.81. The molecule has 0 aliphatic rings. The molecule has 172 valence electrons. The molecule has 7 nitrogen and oxygen atoms in total. The van der Waals surface area contributed by atoms with E-state index in [1.165, 1.54) is 0 Å². The third-order valence-corrected chi connectivity index (χ3v) is 5.67. The standard InChI is InChI=1S/C27H25N3O4/c1-18-23(27(33)29-20-14-16-28-17-15-20)4-3-5-24(18)30-21(9-13-26(31)32)8-12-25(30)19-6-10-22(34-2)11-7-19/h3-8,10-12,14-17H,9,13H2,1-2H3,(H,31,32)(H,28,29,33). The maximum absolute atomic E-state index is 13.0. The monoisotopic (exact) mass is 455 g/mol. The number of carbonyl (C=O) groups excluding carboxylic acids is 1. The van der Waals surface area contributed by atoms with E-state index in [1.54, 1.807) is 37.7 Å². The van der Waals surface area contributed by atoms with E-state index in [4.69, 9.17) is 4.74 Å². The third-order valence-electron chi connectivity index (χ3n) is 5.67. The molecule has 4 rings (SSSR count). The number of benzene rings is 2. The predicted octanol–water partition coefficient (Wildman–Crippen LogP) is 5.13. The minimum atomic E-state index is -0.860. The van der Waals surface area contributed by atoms with E-state index in [0.29, 0.717) is 17.7 Å². The lowest BCUT2D eigenvalue weighted by Gasteiger charge is -2.18. The summed E-state index contributed by atoms with van der Waals surface area (Å²) in [7, 11) is 1.62. The average Bonchev–Trinajstić information content (AvgIpc) is 3.27. The quantitative estimate of drug-likeness (QED) is 0.384. The Morgan fingerprint density at radius 3 is 2.41 bits per heavy atom. The van der Waals surface area contributed by atoms with Gasteiger partial charge in [-0.2, -0.15) is 0 Å². The van der Waals surface area contributed by atoms with Gasteiger partial charge in [-0.05, 0) is 85.1 Å². The SMILES string of the molecule is COc1ccc(-c2ccc(CCC(=O)O)n2-c2cccc(C(=O)Nc3ccncc3)c2C)cc1. The van der Waals surface area contributed by atoms with Gasteiger partial charge in [0.2, 0.25) is 0 Å². The van der Waals surface area contributed by atoms with E-state index >= 15 is 0 Å². The van der Waals surface area contributed by atoms with Gasteiger partial charge in [0, 0.05) is 35.0 Å². The van der Waals surface area contributed by atoms with Crippen molar-refractivity contribution in [3.8, 4) is 22.7 Å². The Labute approximate surface area is 197 Å². The number of anilines is 1. The van der Waals surface area contributed by atoms with Crippen LogP contribution in [0.5, 0.6) is 5.75 Å². The van der Waals surface area contributed by atoms with Crippen LogP contribution >= 0.6 is 0 Å². The lowest BCUT2D eigenvalue weighted by molar-refractivity contribution is -0.136. The number of aliphatic carboxylic acids is 1.